The molecular formula is C17H22N2O4. The Labute approximate surface area is 135 Å². The molecule has 0 fully saturated rings. The molecule has 1 unspecified atom stereocenters. The zero-order chi connectivity index (χ0) is 17.2. The molecule has 1 aliphatic heterocycles. The molecule has 0 radical (unpaired) electrons. The Bertz CT molecular complexity index is 634. The van der Waals surface area contributed by atoms with Crippen LogP contribution in [0.4, 0.5) is 0 Å². The van der Waals surface area contributed by atoms with Gasteiger partial charge in [-0.15, -0.1) is 0 Å². The van der Waals surface area contributed by atoms with Crippen LogP contribution in [0.1, 0.15) is 49.5 Å². The molecule has 0 aliphatic carbocycles. The summed E-state index contributed by atoms with van der Waals surface area (Å²) in [7, 11) is 0. The normalized spacial score (nSPS) is 15.3. The van der Waals surface area contributed by atoms with Crippen LogP contribution in [-0.2, 0) is 20.9 Å². The minimum atomic E-state index is -0.817. The maximum Gasteiger partial charge on any atom is 0.306 e. The van der Waals surface area contributed by atoms with Gasteiger partial charge in [-0.2, -0.15) is 0 Å². The van der Waals surface area contributed by atoms with E-state index in [1.807, 2.05) is 12.1 Å². The second kappa shape index (κ2) is 6.40. The third kappa shape index (κ3) is 4.09. The molecule has 6 nitrogen and oxygen atoms in total. The minimum absolute atomic E-state index is 0.0327. The summed E-state index contributed by atoms with van der Waals surface area (Å²) >= 11 is 0. The number of rotatable bonds is 5. The molecule has 1 aromatic carbocycles. The first-order chi connectivity index (χ1) is 10.7. The number of amides is 2. The molecule has 2 N–H and O–H groups in total. The molecule has 23 heavy (non-hydrogen) atoms. The van der Waals surface area contributed by atoms with Gasteiger partial charge in [0.05, 0.1) is 0 Å². The van der Waals surface area contributed by atoms with E-state index >= 15 is 0 Å². The fourth-order valence-corrected chi connectivity index (χ4v) is 2.63. The molecule has 0 spiro atoms. The van der Waals surface area contributed by atoms with E-state index in [0.29, 0.717) is 12.1 Å². The van der Waals surface area contributed by atoms with Gasteiger partial charge >= 0.3 is 5.97 Å². The Morgan fingerprint density at radius 2 is 1.96 bits per heavy atom. The fraction of sp³-hybridized carbons (Fsp3) is 0.471. The van der Waals surface area contributed by atoms with Gasteiger partial charge in [-0.25, -0.2) is 0 Å². The first-order valence-corrected chi connectivity index (χ1v) is 7.59. The fourth-order valence-electron chi connectivity index (χ4n) is 2.63. The van der Waals surface area contributed by atoms with Crippen molar-refractivity contribution >= 4 is 17.8 Å². The first-order valence-electron chi connectivity index (χ1n) is 7.59. The summed E-state index contributed by atoms with van der Waals surface area (Å²) in [4.78, 5) is 37.4. The number of primary amides is 1. The number of ether oxygens (including phenoxy) is 1. The largest absolute Gasteiger partial charge is 0.460 e. The molecule has 1 aromatic rings. The molecule has 2 rings (SSSR count). The van der Waals surface area contributed by atoms with Gasteiger partial charge < -0.3 is 15.4 Å². The lowest BCUT2D eigenvalue weighted by Crippen LogP contribution is -2.45. The number of carbonyl (C=O) groups excluding carboxylic acids is 3. The standard InChI is InChI=1S/C17H22N2O4/c1-17(2,3)23-14(20)9-8-13(15(18)21)19-10-11-6-4-5-7-12(11)16(19)22/h4-7,13H,8-10H2,1-3H3,(H2,18,21). The number of nitrogens with zero attached hydrogens (tertiary/aromatic N) is 1. The summed E-state index contributed by atoms with van der Waals surface area (Å²) in [5, 5.41) is 0. The molecule has 0 saturated heterocycles. The number of carbonyl (C=O) groups is 3. The lowest BCUT2D eigenvalue weighted by molar-refractivity contribution is -0.155. The van der Waals surface area contributed by atoms with E-state index in [1.54, 1.807) is 32.9 Å². The van der Waals surface area contributed by atoms with E-state index in [-0.39, 0.29) is 18.7 Å². The lowest BCUT2D eigenvalue weighted by Gasteiger charge is -2.25. The Morgan fingerprint density at radius 1 is 1.30 bits per heavy atom. The van der Waals surface area contributed by atoms with Crippen molar-refractivity contribution in [2.24, 2.45) is 5.73 Å². The molecule has 124 valence electrons. The smallest absolute Gasteiger partial charge is 0.306 e. The van der Waals surface area contributed by atoms with Gasteiger partial charge in [0.2, 0.25) is 5.91 Å². The highest BCUT2D eigenvalue weighted by molar-refractivity contribution is 6.01. The number of benzene rings is 1. The van der Waals surface area contributed by atoms with Gasteiger partial charge in [0.1, 0.15) is 11.6 Å². The van der Waals surface area contributed by atoms with Crippen LogP contribution in [0.2, 0.25) is 0 Å². The van der Waals surface area contributed by atoms with Gasteiger partial charge in [-0.3, -0.25) is 14.4 Å². The average molecular weight is 318 g/mol. The van der Waals surface area contributed by atoms with Gasteiger partial charge in [0, 0.05) is 18.5 Å². The molecule has 0 saturated carbocycles. The summed E-state index contributed by atoms with van der Waals surface area (Å²) in [6.07, 6.45) is 0.189. The molecule has 6 heteroatoms. The topological polar surface area (TPSA) is 89.7 Å². The van der Waals surface area contributed by atoms with E-state index in [2.05, 4.69) is 0 Å². The van der Waals surface area contributed by atoms with Crippen molar-refractivity contribution in [1.82, 2.24) is 4.90 Å². The quantitative estimate of drug-likeness (QED) is 0.835. The average Bonchev–Trinajstić information content (AvgIpc) is 2.75. The number of hydrogen-bond donors (Lipinski definition) is 1. The van der Waals surface area contributed by atoms with Crippen LogP contribution < -0.4 is 5.73 Å². The summed E-state index contributed by atoms with van der Waals surface area (Å²) in [5.74, 6) is -1.25. The molecule has 0 bridgehead atoms. The Hall–Kier alpha value is -2.37. The molecule has 1 atom stereocenters. The third-order valence-electron chi connectivity index (χ3n) is 3.60. The van der Waals surface area contributed by atoms with Crippen molar-refractivity contribution in [3.63, 3.8) is 0 Å². The van der Waals surface area contributed by atoms with Gasteiger partial charge in [-0.1, -0.05) is 18.2 Å². The summed E-state index contributed by atoms with van der Waals surface area (Å²) in [6.45, 7) is 5.66. The summed E-state index contributed by atoms with van der Waals surface area (Å²) in [6, 6.07) is 6.38. The second-order valence-electron chi connectivity index (χ2n) is 6.63. The van der Waals surface area contributed by atoms with Crippen molar-refractivity contribution < 1.29 is 19.1 Å². The maximum absolute atomic E-state index is 12.4. The van der Waals surface area contributed by atoms with Crippen LogP contribution in [0, 0.1) is 0 Å². The summed E-state index contributed by atoms with van der Waals surface area (Å²) in [5.41, 5.74) is 6.30. The highest BCUT2D eigenvalue weighted by Gasteiger charge is 2.35. The predicted octanol–water partition coefficient (Wildman–Crippen LogP) is 1.62. The van der Waals surface area contributed by atoms with Gasteiger partial charge in [0.25, 0.3) is 5.91 Å². The highest BCUT2D eigenvalue weighted by atomic mass is 16.6. The van der Waals surface area contributed by atoms with Crippen molar-refractivity contribution in [3.05, 3.63) is 35.4 Å². The van der Waals surface area contributed by atoms with Gasteiger partial charge in [-0.05, 0) is 38.8 Å². The Morgan fingerprint density at radius 3 is 2.52 bits per heavy atom. The zero-order valence-electron chi connectivity index (χ0n) is 13.7. The monoisotopic (exact) mass is 318 g/mol. The molecule has 1 aliphatic rings. The van der Waals surface area contributed by atoms with Crippen molar-refractivity contribution in [2.75, 3.05) is 0 Å². The second-order valence-corrected chi connectivity index (χ2v) is 6.63. The molecule has 0 aromatic heterocycles. The van der Waals surface area contributed by atoms with E-state index < -0.39 is 23.5 Å². The van der Waals surface area contributed by atoms with Crippen LogP contribution in [0.3, 0.4) is 0 Å². The van der Waals surface area contributed by atoms with Crippen molar-refractivity contribution in [1.29, 1.82) is 0 Å². The van der Waals surface area contributed by atoms with Crippen LogP contribution in [0.25, 0.3) is 0 Å². The van der Waals surface area contributed by atoms with Gasteiger partial charge in [0.15, 0.2) is 0 Å². The van der Waals surface area contributed by atoms with E-state index in [1.165, 1.54) is 4.90 Å². The first kappa shape index (κ1) is 17.0. The van der Waals surface area contributed by atoms with E-state index in [9.17, 15) is 14.4 Å². The Kier molecular flexibility index (Phi) is 4.73. The zero-order valence-corrected chi connectivity index (χ0v) is 13.7. The van der Waals surface area contributed by atoms with Crippen LogP contribution in [-0.4, -0.2) is 34.3 Å². The number of hydrogen-bond acceptors (Lipinski definition) is 4. The molecular weight excluding hydrogens is 296 g/mol. The Balaban J connectivity index is 2.05. The molecule has 2 amide bonds. The minimum Gasteiger partial charge on any atom is -0.460 e. The van der Waals surface area contributed by atoms with Crippen LogP contribution in [0.5, 0.6) is 0 Å². The van der Waals surface area contributed by atoms with Crippen molar-refractivity contribution in [2.45, 2.75) is 51.8 Å². The SMILES string of the molecule is CC(C)(C)OC(=O)CCC(C(N)=O)N1Cc2ccccc2C1=O. The van der Waals surface area contributed by atoms with Crippen LogP contribution in [0.15, 0.2) is 24.3 Å². The van der Waals surface area contributed by atoms with E-state index in [4.69, 9.17) is 10.5 Å². The number of esters is 1. The van der Waals surface area contributed by atoms with Crippen molar-refractivity contribution in [3.8, 4) is 0 Å². The van der Waals surface area contributed by atoms with Crippen LogP contribution >= 0.6 is 0 Å². The lowest BCUT2D eigenvalue weighted by atomic mass is 10.1. The highest BCUT2D eigenvalue weighted by Crippen LogP contribution is 2.26. The third-order valence-corrected chi connectivity index (χ3v) is 3.60. The number of nitrogens with two attached hydrogens (primary N) is 1. The molecule has 1 heterocycles. The predicted molar refractivity (Wildman–Crippen MR) is 84.4 cm³/mol. The number of fused-ring (bicyclic) bond motifs is 1. The maximum atomic E-state index is 12.4. The van der Waals surface area contributed by atoms with E-state index in [0.717, 1.165) is 5.56 Å². The summed E-state index contributed by atoms with van der Waals surface area (Å²) < 4.78 is 5.22.